The van der Waals surface area contributed by atoms with Gasteiger partial charge in [-0.05, 0) is 31.0 Å². The van der Waals surface area contributed by atoms with Crippen LogP contribution < -0.4 is 9.47 Å². The lowest BCUT2D eigenvalue weighted by molar-refractivity contribution is -0.0606. The second kappa shape index (κ2) is 7.43. The minimum Gasteiger partial charge on any atom is -0.493 e. The highest BCUT2D eigenvalue weighted by Crippen LogP contribution is 2.33. The van der Waals surface area contributed by atoms with E-state index in [1.165, 1.54) is 0 Å². The summed E-state index contributed by atoms with van der Waals surface area (Å²) in [6, 6.07) is 5.77. The molecular formula is C18H25N3O4. The van der Waals surface area contributed by atoms with Gasteiger partial charge in [-0.25, -0.2) is 0 Å². The third kappa shape index (κ3) is 3.78. The van der Waals surface area contributed by atoms with E-state index in [4.69, 9.17) is 9.47 Å². The van der Waals surface area contributed by atoms with Crippen molar-refractivity contribution in [2.75, 3.05) is 33.9 Å². The Bertz CT molecular complexity index is 708. The Morgan fingerprint density at radius 2 is 1.92 bits per heavy atom. The predicted molar refractivity (Wildman–Crippen MR) is 93.7 cm³/mol. The van der Waals surface area contributed by atoms with Crippen molar-refractivity contribution in [2.24, 2.45) is 0 Å². The largest absolute Gasteiger partial charge is 0.493 e. The number of aliphatic hydroxyl groups excluding tert-OH is 1. The molecule has 0 amide bonds. The number of H-pyrrole nitrogens is 1. The quantitative estimate of drug-likeness (QED) is 0.732. The number of piperidine rings is 1. The van der Waals surface area contributed by atoms with Crippen LogP contribution in [-0.4, -0.2) is 64.8 Å². The van der Waals surface area contributed by atoms with E-state index in [-0.39, 0.29) is 6.61 Å². The third-order valence-corrected chi connectivity index (χ3v) is 4.87. The number of aromatic nitrogens is 2. The van der Waals surface area contributed by atoms with Crippen molar-refractivity contribution in [2.45, 2.75) is 25.0 Å². The van der Waals surface area contributed by atoms with Gasteiger partial charge in [-0.1, -0.05) is 0 Å². The van der Waals surface area contributed by atoms with Crippen LogP contribution in [-0.2, 0) is 6.54 Å². The van der Waals surface area contributed by atoms with Crippen molar-refractivity contribution in [1.29, 1.82) is 0 Å². The van der Waals surface area contributed by atoms with Gasteiger partial charge in [-0.3, -0.25) is 10.00 Å². The highest BCUT2D eigenvalue weighted by Gasteiger charge is 2.31. The lowest BCUT2D eigenvalue weighted by Crippen LogP contribution is -2.46. The number of rotatable bonds is 6. The standard InChI is InChI=1S/C18H25N3O4/c1-24-15-4-3-13(9-16(15)25-2)17-14(10-19-20-17)11-21-7-5-18(23,12-22)6-8-21/h3-4,9-10,22-23H,5-8,11-12H2,1-2H3,(H,19,20). The molecule has 7 nitrogen and oxygen atoms in total. The second-order valence-corrected chi connectivity index (χ2v) is 6.50. The number of aromatic amines is 1. The lowest BCUT2D eigenvalue weighted by atomic mass is 9.92. The van der Waals surface area contributed by atoms with Crippen LogP contribution in [0.4, 0.5) is 0 Å². The fourth-order valence-corrected chi connectivity index (χ4v) is 3.20. The zero-order valence-corrected chi connectivity index (χ0v) is 14.7. The van der Waals surface area contributed by atoms with Crippen molar-refractivity contribution in [3.8, 4) is 22.8 Å². The zero-order valence-electron chi connectivity index (χ0n) is 14.7. The number of benzene rings is 1. The Hall–Kier alpha value is -2.09. The van der Waals surface area contributed by atoms with Crippen LogP contribution >= 0.6 is 0 Å². The first kappa shape index (κ1) is 17.7. The van der Waals surface area contributed by atoms with Gasteiger partial charge in [0.1, 0.15) is 0 Å². The van der Waals surface area contributed by atoms with Gasteiger partial charge in [0.2, 0.25) is 0 Å². The van der Waals surface area contributed by atoms with Crippen LogP contribution in [0.5, 0.6) is 11.5 Å². The summed E-state index contributed by atoms with van der Waals surface area (Å²) in [6.45, 7) is 2.05. The van der Waals surface area contributed by atoms with Crippen molar-refractivity contribution in [3.63, 3.8) is 0 Å². The van der Waals surface area contributed by atoms with E-state index < -0.39 is 5.60 Å². The van der Waals surface area contributed by atoms with Gasteiger partial charge in [-0.2, -0.15) is 5.10 Å². The molecule has 1 aromatic heterocycles. The van der Waals surface area contributed by atoms with Gasteiger partial charge in [0.15, 0.2) is 11.5 Å². The molecule has 0 aliphatic carbocycles. The zero-order chi connectivity index (χ0) is 17.9. The molecule has 0 saturated carbocycles. The molecule has 1 aliphatic heterocycles. The van der Waals surface area contributed by atoms with E-state index >= 15 is 0 Å². The molecule has 2 aromatic rings. The first-order valence-electron chi connectivity index (χ1n) is 8.39. The Kier molecular flexibility index (Phi) is 5.27. The van der Waals surface area contributed by atoms with E-state index in [2.05, 4.69) is 15.1 Å². The molecule has 3 N–H and O–H groups in total. The van der Waals surface area contributed by atoms with E-state index in [1.54, 1.807) is 14.2 Å². The third-order valence-electron chi connectivity index (χ3n) is 4.87. The van der Waals surface area contributed by atoms with Crippen LogP contribution in [0, 0.1) is 0 Å². The summed E-state index contributed by atoms with van der Waals surface area (Å²) in [5.74, 6) is 1.36. The van der Waals surface area contributed by atoms with Crippen molar-refractivity contribution < 1.29 is 19.7 Å². The number of nitrogens with zero attached hydrogens (tertiary/aromatic N) is 2. The molecule has 2 heterocycles. The normalized spacial score (nSPS) is 17.4. The van der Waals surface area contributed by atoms with Crippen LogP contribution in [0.1, 0.15) is 18.4 Å². The molecule has 0 radical (unpaired) electrons. The van der Waals surface area contributed by atoms with Crippen LogP contribution in [0.15, 0.2) is 24.4 Å². The van der Waals surface area contributed by atoms with Gasteiger partial charge in [0, 0.05) is 30.8 Å². The van der Waals surface area contributed by atoms with Crippen molar-refractivity contribution in [1.82, 2.24) is 15.1 Å². The number of likely N-dealkylation sites (tertiary alicyclic amines) is 1. The molecule has 0 atom stereocenters. The summed E-state index contributed by atoms with van der Waals surface area (Å²) in [7, 11) is 3.23. The molecule has 0 spiro atoms. The fourth-order valence-electron chi connectivity index (χ4n) is 3.20. The minimum atomic E-state index is -0.931. The number of nitrogens with one attached hydrogen (secondary N) is 1. The summed E-state index contributed by atoms with van der Waals surface area (Å²) in [4.78, 5) is 2.26. The van der Waals surface area contributed by atoms with Crippen molar-refractivity contribution in [3.05, 3.63) is 30.0 Å². The van der Waals surface area contributed by atoms with Gasteiger partial charge in [-0.15, -0.1) is 0 Å². The van der Waals surface area contributed by atoms with Crippen LogP contribution in [0.25, 0.3) is 11.3 Å². The summed E-state index contributed by atoms with van der Waals surface area (Å²) in [5, 5.41) is 26.7. The van der Waals surface area contributed by atoms with Gasteiger partial charge in [0.25, 0.3) is 0 Å². The topological polar surface area (TPSA) is 90.8 Å². The summed E-state index contributed by atoms with van der Waals surface area (Å²) < 4.78 is 10.7. The van der Waals surface area contributed by atoms with Gasteiger partial charge in [0.05, 0.1) is 38.3 Å². The van der Waals surface area contributed by atoms with Crippen LogP contribution in [0.3, 0.4) is 0 Å². The number of hydrogen-bond acceptors (Lipinski definition) is 6. The average molecular weight is 347 g/mol. The van der Waals surface area contributed by atoms with Crippen LogP contribution in [0.2, 0.25) is 0 Å². The smallest absolute Gasteiger partial charge is 0.161 e. The van der Waals surface area contributed by atoms with E-state index in [0.717, 1.165) is 36.5 Å². The molecule has 25 heavy (non-hydrogen) atoms. The highest BCUT2D eigenvalue weighted by molar-refractivity contribution is 5.66. The van der Waals surface area contributed by atoms with E-state index in [9.17, 15) is 10.2 Å². The van der Waals surface area contributed by atoms with E-state index in [0.29, 0.717) is 24.3 Å². The van der Waals surface area contributed by atoms with Gasteiger partial charge >= 0.3 is 0 Å². The number of aliphatic hydroxyl groups is 2. The maximum absolute atomic E-state index is 10.1. The monoisotopic (exact) mass is 347 g/mol. The molecule has 1 aromatic carbocycles. The lowest BCUT2D eigenvalue weighted by Gasteiger charge is -2.36. The molecule has 1 saturated heterocycles. The van der Waals surface area contributed by atoms with Gasteiger partial charge < -0.3 is 19.7 Å². The first-order chi connectivity index (χ1) is 12.1. The maximum Gasteiger partial charge on any atom is 0.161 e. The Morgan fingerprint density at radius 3 is 2.56 bits per heavy atom. The minimum absolute atomic E-state index is 0.177. The Labute approximate surface area is 147 Å². The Balaban J connectivity index is 1.75. The van der Waals surface area contributed by atoms with Crippen molar-refractivity contribution >= 4 is 0 Å². The molecule has 1 aliphatic rings. The summed E-state index contributed by atoms with van der Waals surface area (Å²) in [5.41, 5.74) is 2.08. The first-order valence-corrected chi connectivity index (χ1v) is 8.39. The number of methoxy groups -OCH3 is 2. The molecule has 0 bridgehead atoms. The molecule has 7 heteroatoms. The maximum atomic E-state index is 10.1. The molecule has 1 fully saturated rings. The summed E-state index contributed by atoms with van der Waals surface area (Å²) in [6.07, 6.45) is 2.99. The SMILES string of the molecule is COc1ccc(-c2[nH]ncc2CN2CCC(O)(CO)CC2)cc1OC. The average Bonchev–Trinajstić information content (AvgIpc) is 3.11. The molecular weight excluding hydrogens is 322 g/mol. The molecule has 136 valence electrons. The molecule has 0 unspecified atom stereocenters. The van der Waals surface area contributed by atoms with E-state index in [1.807, 2.05) is 24.4 Å². The highest BCUT2D eigenvalue weighted by atomic mass is 16.5. The summed E-state index contributed by atoms with van der Waals surface area (Å²) >= 11 is 0. The number of hydrogen-bond donors (Lipinski definition) is 3. The fraction of sp³-hybridized carbons (Fsp3) is 0.500. The molecule has 3 rings (SSSR count). The number of ether oxygens (including phenoxy) is 2. The predicted octanol–water partition coefficient (Wildman–Crippen LogP) is 1.41. The second-order valence-electron chi connectivity index (χ2n) is 6.50. The Morgan fingerprint density at radius 1 is 1.20 bits per heavy atom.